The molecule has 0 aromatic heterocycles. The number of halogens is 4. The fourth-order valence-electron chi connectivity index (χ4n) is 9.02. The molecular formula is C41H29BrF3NO6. The fraction of sp³-hybridized carbons (Fsp3) is 0.220. The van der Waals surface area contributed by atoms with E-state index < -0.39 is 70.5 Å². The molecule has 1 heterocycles. The molecule has 0 spiro atoms. The smallest absolute Gasteiger partial charge is 0.508 e. The first-order chi connectivity index (χ1) is 24.9. The van der Waals surface area contributed by atoms with E-state index in [1.807, 2.05) is 0 Å². The molecule has 52 heavy (non-hydrogen) atoms. The molecule has 6 atom stereocenters. The van der Waals surface area contributed by atoms with Gasteiger partial charge in [0.15, 0.2) is 11.6 Å². The Labute approximate surface area is 304 Å². The zero-order chi connectivity index (χ0) is 36.5. The monoisotopic (exact) mass is 767 g/mol. The largest absolute Gasteiger partial charge is 0.573 e. The van der Waals surface area contributed by atoms with Gasteiger partial charge in [0.2, 0.25) is 11.8 Å². The number of ketones is 2. The van der Waals surface area contributed by atoms with Crippen LogP contribution in [-0.4, -0.2) is 34.8 Å². The van der Waals surface area contributed by atoms with Crippen LogP contribution in [0.3, 0.4) is 0 Å². The van der Waals surface area contributed by atoms with Crippen molar-refractivity contribution in [1.29, 1.82) is 0 Å². The molecule has 6 unspecified atom stereocenters. The predicted octanol–water partition coefficient (Wildman–Crippen LogP) is 8.08. The Bertz CT molecular complexity index is 2200. The van der Waals surface area contributed by atoms with E-state index in [2.05, 4.69) is 20.7 Å². The third-order valence-electron chi connectivity index (χ3n) is 11.0. The number of ether oxygens (including phenoxy) is 1. The highest BCUT2D eigenvalue weighted by atomic mass is 79.9. The number of amides is 2. The maximum absolute atomic E-state index is 15.1. The number of hydrogen-bond acceptors (Lipinski definition) is 6. The van der Waals surface area contributed by atoms with Gasteiger partial charge in [-0.15, -0.1) is 13.2 Å². The number of hydrogen-bond donors (Lipinski definition) is 1. The van der Waals surface area contributed by atoms with Crippen molar-refractivity contribution in [3.05, 3.63) is 142 Å². The number of phenols is 1. The zero-order valence-corrected chi connectivity index (χ0v) is 28.8. The van der Waals surface area contributed by atoms with Crippen LogP contribution >= 0.6 is 15.9 Å². The minimum Gasteiger partial charge on any atom is -0.508 e. The van der Waals surface area contributed by atoms with Crippen LogP contribution in [0.25, 0.3) is 5.57 Å². The normalized spacial score (nSPS) is 27.0. The molecule has 0 radical (unpaired) electrons. The number of Topliss-reactive ketones (excluding diaryl/α,β-unsaturated/α-hetero) is 1. The SMILES string of the molecule is O=C1C(c2ccccc2)=CC(=O)C2(c3ccccc3)C1CC1C(=CCC3C(=O)N(c4ccc(Br)cc4)C(=O)C31)C2c1cc(OC(F)(F)F)ccc1O. The maximum atomic E-state index is 15.1. The predicted molar refractivity (Wildman–Crippen MR) is 188 cm³/mol. The molecule has 1 saturated heterocycles. The number of fused-ring (bicyclic) bond motifs is 4. The molecule has 4 aromatic carbocycles. The van der Waals surface area contributed by atoms with Gasteiger partial charge in [-0.05, 0) is 78.4 Å². The molecule has 7 nitrogen and oxygen atoms in total. The number of anilines is 1. The molecule has 1 saturated carbocycles. The summed E-state index contributed by atoms with van der Waals surface area (Å²) in [5.41, 5.74) is 0.190. The highest BCUT2D eigenvalue weighted by Gasteiger charge is 2.66. The average molecular weight is 769 g/mol. The molecule has 2 fully saturated rings. The fourth-order valence-corrected chi connectivity index (χ4v) is 9.29. The lowest BCUT2D eigenvalue weighted by atomic mass is 9.44. The highest BCUT2D eigenvalue weighted by Crippen LogP contribution is 2.64. The number of allylic oxidation sites excluding steroid dienone is 4. The van der Waals surface area contributed by atoms with Gasteiger partial charge in [0.25, 0.3) is 0 Å². The standard InChI is InChI=1S/C41H29BrF3NO6/c42-24-11-13-25(14-12-24)46-38(50)28-17-16-27-30(35(28)39(46)51)20-32-37(49)29(22-7-3-1-4-8-22)21-34(48)40(32,23-9-5-2-6-10-23)36(27)31-19-26(15-18-33(31)47)52-41(43,44)45/h1-16,18-19,21,28,30,32,35-36,47H,17,20H2. The highest BCUT2D eigenvalue weighted by molar-refractivity contribution is 9.10. The quantitative estimate of drug-likeness (QED) is 0.163. The summed E-state index contributed by atoms with van der Waals surface area (Å²) in [5.74, 6) is -7.60. The summed E-state index contributed by atoms with van der Waals surface area (Å²) in [7, 11) is 0. The van der Waals surface area contributed by atoms with Crippen molar-refractivity contribution in [2.75, 3.05) is 4.90 Å². The van der Waals surface area contributed by atoms with E-state index in [1.165, 1.54) is 6.08 Å². The van der Waals surface area contributed by atoms with Crippen LogP contribution in [0, 0.1) is 23.7 Å². The van der Waals surface area contributed by atoms with Crippen LogP contribution in [0.5, 0.6) is 11.5 Å². The Morgan fingerprint density at radius 1 is 0.827 bits per heavy atom. The second kappa shape index (κ2) is 12.4. The van der Waals surface area contributed by atoms with Gasteiger partial charge in [0.1, 0.15) is 11.5 Å². The van der Waals surface area contributed by atoms with E-state index in [9.17, 15) is 32.7 Å². The van der Waals surface area contributed by atoms with Gasteiger partial charge in [0.05, 0.1) is 22.9 Å². The Morgan fingerprint density at radius 2 is 1.50 bits per heavy atom. The van der Waals surface area contributed by atoms with Gasteiger partial charge < -0.3 is 9.84 Å². The van der Waals surface area contributed by atoms with Crippen LogP contribution in [0.4, 0.5) is 18.9 Å². The molecule has 8 rings (SSSR count). The minimum absolute atomic E-state index is 0.000156. The molecule has 262 valence electrons. The van der Waals surface area contributed by atoms with E-state index >= 15 is 4.79 Å². The van der Waals surface area contributed by atoms with Crippen molar-refractivity contribution in [3.63, 3.8) is 0 Å². The Hall–Kier alpha value is -5.29. The van der Waals surface area contributed by atoms with Crippen molar-refractivity contribution in [3.8, 4) is 11.5 Å². The molecule has 11 heteroatoms. The molecule has 3 aliphatic carbocycles. The van der Waals surface area contributed by atoms with Crippen LogP contribution < -0.4 is 9.64 Å². The lowest BCUT2D eigenvalue weighted by molar-refractivity contribution is -0.274. The van der Waals surface area contributed by atoms with E-state index in [0.717, 1.165) is 27.6 Å². The third-order valence-corrected chi connectivity index (χ3v) is 11.5. The topological polar surface area (TPSA) is 101 Å². The first-order valence-electron chi connectivity index (χ1n) is 16.7. The summed E-state index contributed by atoms with van der Waals surface area (Å²) in [5, 5.41) is 11.5. The zero-order valence-electron chi connectivity index (χ0n) is 27.2. The molecule has 0 bridgehead atoms. The van der Waals surface area contributed by atoms with Crippen molar-refractivity contribution in [2.45, 2.75) is 30.5 Å². The number of imide groups is 1. The second-order valence-corrected chi connectivity index (χ2v) is 14.5. The Kier molecular flexibility index (Phi) is 8.09. The summed E-state index contributed by atoms with van der Waals surface area (Å²) in [6.45, 7) is 0. The average Bonchev–Trinajstić information content (AvgIpc) is 3.39. The lowest BCUT2D eigenvalue weighted by Crippen LogP contribution is -2.58. The van der Waals surface area contributed by atoms with Crippen LogP contribution in [-0.2, 0) is 24.6 Å². The lowest BCUT2D eigenvalue weighted by Gasteiger charge is -2.55. The summed E-state index contributed by atoms with van der Waals surface area (Å²) in [6, 6.07) is 27.1. The number of nitrogens with zero attached hydrogens (tertiary/aromatic N) is 1. The summed E-state index contributed by atoms with van der Waals surface area (Å²) < 4.78 is 45.7. The number of rotatable bonds is 5. The van der Waals surface area contributed by atoms with Crippen LogP contribution in [0.2, 0.25) is 0 Å². The molecule has 4 aliphatic rings. The van der Waals surface area contributed by atoms with Crippen molar-refractivity contribution >= 4 is 50.6 Å². The van der Waals surface area contributed by atoms with Gasteiger partial charge in [-0.1, -0.05) is 88.2 Å². The summed E-state index contributed by atoms with van der Waals surface area (Å²) >= 11 is 3.38. The van der Waals surface area contributed by atoms with Gasteiger partial charge in [-0.25, -0.2) is 0 Å². The number of carbonyl (C=O) groups excluding carboxylic acids is 4. The number of benzene rings is 4. The number of aromatic hydroxyl groups is 1. The van der Waals surface area contributed by atoms with E-state index in [4.69, 9.17) is 0 Å². The first kappa shape index (κ1) is 33.8. The van der Waals surface area contributed by atoms with Gasteiger partial charge in [-0.2, -0.15) is 0 Å². The Morgan fingerprint density at radius 3 is 2.17 bits per heavy atom. The van der Waals surface area contributed by atoms with E-state index in [0.29, 0.717) is 22.4 Å². The van der Waals surface area contributed by atoms with Crippen molar-refractivity contribution in [1.82, 2.24) is 0 Å². The van der Waals surface area contributed by atoms with E-state index in [-0.39, 0.29) is 29.8 Å². The summed E-state index contributed by atoms with van der Waals surface area (Å²) in [4.78, 5) is 59.7. The minimum atomic E-state index is -5.06. The Balaban J connectivity index is 1.37. The molecule has 1 N–H and O–H groups in total. The van der Waals surface area contributed by atoms with Gasteiger partial charge in [-0.3, -0.25) is 24.1 Å². The summed E-state index contributed by atoms with van der Waals surface area (Å²) in [6.07, 6.45) is -1.88. The third kappa shape index (κ3) is 5.24. The second-order valence-electron chi connectivity index (χ2n) is 13.5. The number of alkyl halides is 3. The molecule has 2 amide bonds. The molecule has 1 aliphatic heterocycles. The van der Waals surface area contributed by atoms with Gasteiger partial charge >= 0.3 is 6.36 Å². The van der Waals surface area contributed by atoms with Crippen molar-refractivity contribution < 1.29 is 42.2 Å². The van der Waals surface area contributed by atoms with Crippen molar-refractivity contribution in [2.24, 2.45) is 23.7 Å². The van der Waals surface area contributed by atoms with Crippen LogP contribution in [0.1, 0.15) is 35.4 Å². The number of carbonyl (C=O) groups is 4. The maximum Gasteiger partial charge on any atom is 0.573 e. The van der Waals surface area contributed by atoms with Gasteiger partial charge in [0, 0.05) is 27.4 Å². The first-order valence-corrected chi connectivity index (χ1v) is 17.5. The molecular weight excluding hydrogens is 739 g/mol. The molecule has 4 aromatic rings. The van der Waals surface area contributed by atoms with E-state index in [1.54, 1.807) is 91.0 Å². The van der Waals surface area contributed by atoms with Crippen LogP contribution in [0.15, 0.2) is 125 Å². The number of phenolic OH excluding ortho intramolecular Hbond substituents is 1.